The zero-order valence-corrected chi connectivity index (χ0v) is 12.0. The molecule has 3 rings (SSSR count). The molecule has 1 amide bonds. The van der Waals surface area contributed by atoms with Crippen molar-refractivity contribution in [1.82, 2.24) is 24.9 Å². The molecule has 0 spiro atoms. The highest BCUT2D eigenvalue weighted by Gasteiger charge is 2.09. The number of hydrogen-bond acceptors (Lipinski definition) is 6. The van der Waals surface area contributed by atoms with Gasteiger partial charge in [-0.25, -0.2) is 4.98 Å². The first-order valence-electron chi connectivity index (χ1n) is 5.90. The molecule has 6 nitrogen and oxygen atoms in total. The highest BCUT2D eigenvalue weighted by atomic mass is 32.2. The van der Waals surface area contributed by atoms with Gasteiger partial charge in [-0.05, 0) is 17.5 Å². The van der Waals surface area contributed by atoms with Crippen LogP contribution in [-0.4, -0.2) is 31.2 Å². The summed E-state index contributed by atoms with van der Waals surface area (Å²) < 4.78 is 1.76. The number of carbonyl (C=O) groups is 1. The second-order valence-corrected chi connectivity index (χ2v) is 5.89. The van der Waals surface area contributed by atoms with Crippen molar-refractivity contribution in [3.8, 4) is 0 Å². The van der Waals surface area contributed by atoms with E-state index in [2.05, 4.69) is 20.5 Å². The van der Waals surface area contributed by atoms with Crippen molar-refractivity contribution >= 4 is 34.8 Å². The Morgan fingerprint density at radius 1 is 1.40 bits per heavy atom. The second-order valence-electron chi connectivity index (χ2n) is 3.92. The number of amides is 1. The fourth-order valence-corrected chi connectivity index (χ4v) is 2.99. The number of thiophene rings is 1. The first-order chi connectivity index (χ1) is 9.83. The molecule has 0 fully saturated rings. The minimum Gasteiger partial charge on any atom is -0.350 e. The van der Waals surface area contributed by atoms with Gasteiger partial charge in [-0.1, -0.05) is 17.8 Å². The van der Waals surface area contributed by atoms with Gasteiger partial charge < -0.3 is 5.32 Å². The lowest BCUT2D eigenvalue weighted by Crippen LogP contribution is -2.24. The average Bonchev–Trinajstić information content (AvgIpc) is 3.12. The van der Waals surface area contributed by atoms with Crippen molar-refractivity contribution in [2.24, 2.45) is 0 Å². The molecule has 0 aliphatic carbocycles. The summed E-state index contributed by atoms with van der Waals surface area (Å²) in [4.78, 5) is 17.0. The molecular weight excluding hydrogens is 294 g/mol. The first-order valence-corrected chi connectivity index (χ1v) is 7.77. The van der Waals surface area contributed by atoms with Crippen LogP contribution in [0.25, 0.3) is 5.78 Å². The van der Waals surface area contributed by atoms with Crippen LogP contribution in [0.3, 0.4) is 0 Å². The largest absolute Gasteiger partial charge is 0.350 e. The molecular formula is C12H11N5OS2. The molecule has 0 aliphatic heterocycles. The van der Waals surface area contributed by atoms with Crippen LogP contribution >= 0.6 is 23.1 Å². The maximum atomic E-state index is 11.8. The third-order valence-corrected chi connectivity index (χ3v) is 4.35. The molecule has 0 radical (unpaired) electrons. The van der Waals surface area contributed by atoms with E-state index in [1.165, 1.54) is 11.8 Å². The Labute approximate surface area is 123 Å². The monoisotopic (exact) mass is 305 g/mol. The van der Waals surface area contributed by atoms with Crippen LogP contribution in [0.15, 0.2) is 41.1 Å². The molecule has 8 heteroatoms. The Bertz CT molecular complexity index is 710. The molecule has 0 saturated heterocycles. The minimum absolute atomic E-state index is 0.0240. The van der Waals surface area contributed by atoms with Crippen LogP contribution in [-0.2, 0) is 11.3 Å². The zero-order valence-electron chi connectivity index (χ0n) is 10.4. The van der Waals surface area contributed by atoms with Crippen LogP contribution in [0.5, 0.6) is 0 Å². The number of nitrogens with zero attached hydrogens (tertiary/aromatic N) is 4. The third kappa shape index (κ3) is 2.97. The fraction of sp³-hybridized carbons (Fsp3) is 0.167. The van der Waals surface area contributed by atoms with Gasteiger partial charge in [-0.15, -0.1) is 21.5 Å². The Kier molecular flexibility index (Phi) is 3.93. The van der Waals surface area contributed by atoms with E-state index in [1.54, 1.807) is 28.0 Å². The lowest BCUT2D eigenvalue weighted by Gasteiger charge is -2.02. The zero-order chi connectivity index (χ0) is 13.8. The van der Waals surface area contributed by atoms with Crippen molar-refractivity contribution in [1.29, 1.82) is 0 Å². The number of thioether (sulfide) groups is 1. The Balaban J connectivity index is 1.55. The second kappa shape index (κ2) is 6.02. The molecule has 3 heterocycles. The van der Waals surface area contributed by atoms with E-state index >= 15 is 0 Å². The number of fused-ring (bicyclic) bond motifs is 1. The van der Waals surface area contributed by atoms with E-state index in [0.717, 1.165) is 4.88 Å². The van der Waals surface area contributed by atoms with Crippen LogP contribution in [0.2, 0.25) is 0 Å². The lowest BCUT2D eigenvalue weighted by molar-refractivity contribution is -0.118. The number of aromatic nitrogens is 4. The molecule has 0 bridgehead atoms. The molecule has 0 unspecified atom stereocenters. The van der Waals surface area contributed by atoms with Gasteiger partial charge in [0, 0.05) is 17.3 Å². The van der Waals surface area contributed by atoms with E-state index in [4.69, 9.17) is 0 Å². The minimum atomic E-state index is -0.0240. The molecule has 3 aromatic rings. The number of nitrogens with one attached hydrogen (secondary N) is 1. The molecule has 0 atom stereocenters. The SMILES string of the molecule is O=C(CSc1nnc2ncccn12)NCc1cccs1. The van der Waals surface area contributed by atoms with Gasteiger partial charge in [0.05, 0.1) is 12.3 Å². The molecule has 20 heavy (non-hydrogen) atoms. The normalized spacial score (nSPS) is 10.8. The molecule has 1 N–H and O–H groups in total. The summed E-state index contributed by atoms with van der Waals surface area (Å²) in [5, 5.41) is 13.5. The first kappa shape index (κ1) is 13.1. The summed E-state index contributed by atoms with van der Waals surface area (Å²) in [5.74, 6) is 0.819. The van der Waals surface area contributed by atoms with Crippen molar-refractivity contribution in [2.45, 2.75) is 11.7 Å². The predicted octanol–water partition coefficient (Wildman–Crippen LogP) is 1.59. The topological polar surface area (TPSA) is 72.2 Å². The number of hydrogen-bond donors (Lipinski definition) is 1. The van der Waals surface area contributed by atoms with E-state index in [-0.39, 0.29) is 5.91 Å². The van der Waals surface area contributed by atoms with Crippen molar-refractivity contribution in [3.05, 3.63) is 40.8 Å². The van der Waals surface area contributed by atoms with Crippen molar-refractivity contribution in [2.75, 3.05) is 5.75 Å². The van der Waals surface area contributed by atoms with Crippen LogP contribution in [0.4, 0.5) is 0 Å². The molecule has 102 valence electrons. The van der Waals surface area contributed by atoms with E-state index < -0.39 is 0 Å². The smallest absolute Gasteiger partial charge is 0.255 e. The number of carbonyl (C=O) groups excluding carboxylic acids is 1. The Morgan fingerprint density at radius 3 is 3.20 bits per heavy atom. The van der Waals surface area contributed by atoms with E-state index in [9.17, 15) is 4.79 Å². The molecule has 0 aliphatic rings. The van der Waals surface area contributed by atoms with Crippen molar-refractivity contribution in [3.63, 3.8) is 0 Å². The van der Waals surface area contributed by atoms with Gasteiger partial charge in [0.15, 0.2) is 5.16 Å². The summed E-state index contributed by atoms with van der Waals surface area (Å²) in [7, 11) is 0. The van der Waals surface area contributed by atoms with Crippen molar-refractivity contribution < 1.29 is 4.79 Å². The van der Waals surface area contributed by atoms with Gasteiger partial charge in [0.2, 0.25) is 5.91 Å². The summed E-state index contributed by atoms with van der Waals surface area (Å²) in [6.45, 7) is 0.569. The van der Waals surface area contributed by atoms with Gasteiger partial charge in [0.1, 0.15) is 0 Å². The molecule has 0 saturated carbocycles. The highest BCUT2D eigenvalue weighted by Crippen LogP contribution is 2.15. The van der Waals surface area contributed by atoms with Gasteiger partial charge in [-0.3, -0.25) is 9.20 Å². The van der Waals surface area contributed by atoms with Crippen LogP contribution in [0, 0.1) is 0 Å². The van der Waals surface area contributed by atoms with Gasteiger partial charge in [-0.2, -0.15) is 0 Å². The summed E-state index contributed by atoms with van der Waals surface area (Å²) in [5.41, 5.74) is 0. The van der Waals surface area contributed by atoms with E-state index in [1.807, 2.05) is 23.7 Å². The Hall–Kier alpha value is -1.93. The average molecular weight is 305 g/mol. The quantitative estimate of drug-likeness (QED) is 0.725. The summed E-state index contributed by atoms with van der Waals surface area (Å²) in [6.07, 6.45) is 3.49. The maximum Gasteiger partial charge on any atom is 0.255 e. The van der Waals surface area contributed by atoms with Crippen LogP contribution < -0.4 is 5.32 Å². The highest BCUT2D eigenvalue weighted by molar-refractivity contribution is 7.99. The number of rotatable bonds is 5. The van der Waals surface area contributed by atoms with Gasteiger partial charge in [0.25, 0.3) is 5.78 Å². The molecule has 3 aromatic heterocycles. The lowest BCUT2D eigenvalue weighted by atomic mass is 10.4. The Morgan fingerprint density at radius 2 is 2.35 bits per heavy atom. The molecule has 0 aromatic carbocycles. The fourth-order valence-electron chi connectivity index (χ4n) is 1.60. The standard InChI is InChI=1S/C12H11N5OS2/c18-10(14-7-9-3-1-6-19-9)8-20-12-16-15-11-13-4-2-5-17(11)12/h1-6H,7-8H2,(H,14,18). The van der Waals surface area contributed by atoms with Crippen LogP contribution in [0.1, 0.15) is 4.88 Å². The summed E-state index contributed by atoms with van der Waals surface area (Å²) >= 11 is 2.97. The third-order valence-electron chi connectivity index (χ3n) is 2.53. The maximum absolute atomic E-state index is 11.8. The van der Waals surface area contributed by atoms with E-state index in [0.29, 0.717) is 23.2 Å². The van der Waals surface area contributed by atoms with Gasteiger partial charge >= 0.3 is 0 Å². The predicted molar refractivity (Wildman–Crippen MR) is 77.7 cm³/mol. The summed E-state index contributed by atoms with van der Waals surface area (Å²) in [6, 6.07) is 5.77.